The summed E-state index contributed by atoms with van der Waals surface area (Å²) >= 11 is 1.57. The zero-order chi connectivity index (χ0) is 12.0. The van der Waals surface area contributed by atoms with E-state index in [4.69, 9.17) is 12.2 Å². The molecule has 0 radical (unpaired) electrons. The number of halogens is 1. The third-order valence-electron chi connectivity index (χ3n) is 3.07. The van der Waals surface area contributed by atoms with Crippen molar-refractivity contribution in [2.45, 2.75) is 17.7 Å². The fourth-order valence-electron chi connectivity index (χ4n) is 2.13. The minimum atomic E-state index is -0.497. The summed E-state index contributed by atoms with van der Waals surface area (Å²) < 4.78 is 13.7. The van der Waals surface area contributed by atoms with Crippen LogP contribution in [-0.2, 0) is 0 Å². The van der Waals surface area contributed by atoms with Crippen molar-refractivity contribution < 1.29 is 4.39 Å². The molecule has 1 aliphatic carbocycles. The fourth-order valence-corrected chi connectivity index (χ4v) is 3.25. The molecule has 0 amide bonds. The summed E-state index contributed by atoms with van der Waals surface area (Å²) in [6, 6.07) is 1.43. The van der Waals surface area contributed by atoms with Crippen molar-refractivity contribution in [3.8, 4) is 12.3 Å². The molecule has 1 aromatic heterocycles. The summed E-state index contributed by atoms with van der Waals surface area (Å²) in [5, 5.41) is 1.01. The second-order valence-electron chi connectivity index (χ2n) is 4.22. The topological polar surface area (TPSA) is 51.3 Å². The molecule has 2 N–H and O–H groups in total. The first-order chi connectivity index (χ1) is 8.19. The second-order valence-corrected chi connectivity index (χ2v) is 5.48. The number of hydrogen-bond donors (Lipinski definition) is 1. The number of hydrogen-bond acceptors (Lipinski definition) is 4. The standard InChI is InChI=1S/C12H10FN3S/c1-2-6-3-8(11(13)15-5-6)10-7-4-9(7)17-12(14)16-10/h1,3,5,7,9-10H,4H2,(H2,14,16). The smallest absolute Gasteiger partial charge is 0.218 e. The monoisotopic (exact) mass is 247 g/mol. The lowest BCUT2D eigenvalue weighted by atomic mass is 10.0. The van der Waals surface area contributed by atoms with E-state index in [9.17, 15) is 4.39 Å². The van der Waals surface area contributed by atoms with Gasteiger partial charge < -0.3 is 5.73 Å². The van der Waals surface area contributed by atoms with Crippen LogP contribution in [0.4, 0.5) is 4.39 Å². The van der Waals surface area contributed by atoms with Gasteiger partial charge in [-0.05, 0) is 18.4 Å². The molecule has 1 aliphatic heterocycles. The van der Waals surface area contributed by atoms with E-state index in [0.29, 0.717) is 27.5 Å². The molecule has 2 aliphatic rings. The largest absolute Gasteiger partial charge is 0.379 e. The van der Waals surface area contributed by atoms with Crippen LogP contribution < -0.4 is 5.73 Å². The average Bonchev–Trinajstić information content (AvgIpc) is 3.07. The lowest BCUT2D eigenvalue weighted by molar-refractivity contribution is 0.525. The van der Waals surface area contributed by atoms with E-state index < -0.39 is 5.95 Å². The number of rotatable bonds is 1. The van der Waals surface area contributed by atoms with Crippen LogP contribution >= 0.6 is 11.8 Å². The van der Waals surface area contributed by atoms with Crippen LogP contribution in [0.25, 0.3) is 0 Å². The molecule has 3 rings (SSSR count). The number of terminal acetylenes is 1. The number of aliphatic imine (C=N–C) groups is 1. The Hall–Kier alpha value is -1.54. The van der Waals surface area contributed by atoms with Crippen molar-refractivity contribution in [2.75, 3.05) is 0 Å². The van der Waals surface area contributed by atoms with Crippen molar-refractivity contribution in [3.63, 3.8) is 0 Å². The highest BCUT2D eigenvalue weighted by Crippen LogP contribution is 2.54. The highest BCUT2D eigenvalue weighted by atomic mass is 32.2. The molecule has 5 heteroatoms. The molecule has 3 atom stereocenters. The van der Waals surface area contributed by atoms with Gasteiger partial charge in [0.05, 0.1) is 6.04 Å². The summed E-state index contributed by atoms with van der Waals surface area (Å²) in [5.74, 6) is 2.33. The van der Waals surface area contributed by atoms with Crippen molar-refractivity contribution in [3.05, 3.63) is 29.3 Å². The predicted octanol–water partition coefficient (Wildman–Crippen LogP) is 1.69. The van der Waals surface area contributed by atoms with Gasteiger partial charge in [0, 0.05) is 22.6 Å². The van der Waals surface area contributed by atoms with Crippen molar-refractivity contribution >= 4 is 16.9 Å². The first-order valence-electron chi connectivity index (χ1n) is 5.31. The van der Waals surface area contributed by atoms with Crippen LogP contribution in [0.2, 0.25) is 0 Å². The number of thioether (sulfide) groups is 1. The Labute approximate surface area is 103 Å². The maximum absolute atomic E-state index is 13.7. The molecule has 0 spiro atoms. The number of nitrogens with two attached hydrogens (primary N) is 1. The maximum Gasteiger partial charge on any atom is 0.218 e. The number of amidine groups is 1. The Balaban J connectivity index is 2.04. The van der Waals surface area contributed by atoms with Crippen LogP contribution in [0, 0.1) is 24.2 Å². The molecule has 86 valence electrons. The molecule has 17 heavy (non-hydrogen) atoms. The van der Waals surface area contributed by atoms with Gasteiger partial charge in [0.1, 0.15) is 0 Å². The Kier molecular flexibility index (Phi) is 2.33. The highest BCUT2D eigenvalue weighted by molar-refractivity contribution is 8.14. The first kappa shape index (κ1) is 10.6. The van der Waals surface area contributed by atoms with E-state index in [2.05, 4.69) is 15.9 Å². The Morgan fingerprint density at radius 2 is 2.41 bits per heavy atom. The van der Waals surface area contributed by atoms with Gasteiger partial charge in [-0.3, -0.25) is 4.99 Å². The number of fused-ring (bicyclic) bond motifs is 1. The third kappa shape index (κ3) is 1.79. The Bertz CT molecular complexity index is 549. The molecule has 0 bridgehead atoms. The minimum Gasteiger partial charge on any atom is -0.379 e. The molecule has 2 heterocycles. The molecular weight excluding hydrogens is 237 g/mol. The fraction of sp³-hybridized carbons (Fsp3) is 0.333. The Morgan fingerprint density at radius 1 is 1.59 bits per heavy atom. The van der Waals surface area contributed by atoms with E-state index in [1.165, 1.54) is 6.20 Å². The van der Waals surface area contributed by atoms with Gasteiger partial charge in [-0.2, -0.15) is 4.39 Å². The van der Waals surface area contributed by atoms with Gasteiger partial charge >= 0.3 is 0 Å². The molecule has 0 saturated heterocycles. The summed E-state index contributed by atoms with van der Waals surface area (Å²) in [6.45, 7) is 0. The van der Waals surface area contributed by atoms with E-state index in [1.807, 2.05) is 0 Å². The molecule has 1 saturated carbocycles. The van der Waals surface area contributed by atoms with Crippen LogP contribution in [0.1, 0.15) is 23.6 Å². The zero-order valence-electron chi connectivity index (χ0n) is 8.93. The minimum absolute atomic E-state index is 0.220. The van der Waals surface area contributed by atoms with E-state index in [0.717, 1.165) is 6.42 Å². The SMILES string of the molecule is C#Cc1cnc(F)c(C2N=C(N)SC3CC32)c1. The lowest BCUT2D eigenvalue weighted by Crippen LogP contribution is -2.18. The van der Waals surface area contributed by atoms with Gasteiger partial charge in [0.25, 0.3) is 0 Å². The van der Waals surface area contributed by atoms with E-state index in [1.54, 1.807) is 17.8 Å². The normalized spacial score (nSPS) is 30.1. The lowest BCUT2D eigenvalue weighted by Gasteiger charge is -2.18. The summed E-state index contributed by atoms with van der Waals surface area (Å²) in [5.41, 5.74) is 6.77. The molecule has 1 fully saturated rings. The van der Waals surface area contributed by atoms with Crippen LogP contribution in [0.3, 0.4) is 0 Å². The quantitative estimate of drug-likeness (QED) is 0.607. The third-order valence-corrected chi connectivity index (χ3v) is 4.27. The van der Waals surface area contributed by atoms with Gasteiger partial charge in [-0.25, -0.2) is 4.98 Å². The molecule has 1 aromatic rings. The summed E-state index contributed by atoms with van der Waals surface area (Å²) in [7, 11) is 0. The number of aromatic nitrogens is 1. The van der Waals surface area contributed by atoms with Gasteiger partial charge in [-0.15, -0.1) is 6.42 Å². The Morgan fingerprint density at radius 3 is 3.18 bits per heavy atom. The average molecular weight is 247 g/mol. The van der Waals surface area contributed by atoms with Gasteiger partial charge in [0.15, 0.2) is 5.17 Å². The highest BCUT2D eigenvalue weighted by Gasteiger charge is 2.48. The molecule has 3 unspecified atom stereocenters. The first-order valence-corrected chi connectivity index (χ1v) is 6.19. The molecule has 0 aromatic carbocycles. The van der Waals surface area contributed by atoms with E-state index >= 15 is 0 Å². The number of pyridine rings is 1. The van der Waals surface area contributed by atoms with Crippen LogP contribution in [0.15, 0.2) is 17.3 Å². The van der Waals surface area contributed by atoms with Crippen molar-refractivity contribution in [1.29, 1.82) is 0 Å². The molecule has 3 nitrogen and oxygen atoms in total. The zero-order valence-corrected chi connectivity index (χ0v) is 9.75. The van der Waals surface area contributed by atoms with Crippen LogP contribution in [0.5, 0.6) is 0 Å². The predicted molar refractivity (Wildman–Crippen MR) is 66.0 cm³/mol. The van der Waals surface area contributed by atoms with Gasteiger partial charge in [0.2, 0.25) is 5.95 Å². The van der Waals surface area contributed by atoms with Crippen LogP contribution in [-0.4, -0.2) is 15.4 Å². The van der Waals surface area contributed by atoms with Gasteiger partial charge in [-0.1, -0.05) is 17.7 Å². The molecular formula is C12H10FN3S. The summed E-state index contributed by atoms with van der Waals surface area (Å²) in [4.78, 5) is 8.00. The second kappa shape index (κ2) is 3.74. The maximum atomic E-state index is 13.7. The van der Waals surface area contributed by atoms with Crippen molar-refractivity contribution in [1.82, 2.24) is 4.98 Å². The summed E-state index contributed by atoms with van der Waals surface area (Å²) in [6.07, 6.45) is 7.68. The number of nitrogens with zero attached hydrogens (tertiary/aromatic N) is 2. The van der Waals surface area contributed by atoms with Crippen molar-refractivity contribution in [2.24, 2.45) is 16.6 Å². The van der Waals surface area contributed by atoms with E-state index in [-0.39, 0.29) is 6.04 Å².